The molecule has 2 N–H and O–H groups in total. The lowest BCUT2D eigenvalue weighted by atomic mass is 9.63. The van der Waals surface area contributed by atoms with Gasteiger partial charge in [-0.25, -0.2) is 13.2 Å². The molecule has 0 heterocycles. The molecule has 1 nitrogen and oxygen atoms in total. The molecule has 1 fully saturated rings. The Bertz CT molecular complexity index is 215. The first-order valence-corrected chi connectivity index (χ1v) is 3.92. The van der Waals surface area contributed by atoms with Crippen LogP contribution in [0.25, 0.3) is 0 Å². The number of hydrogen-bond acceptors (Lipinski definition) is 1. The predicted molar refractivity (Wildman–Crippen MR) is 36.6 cm³/mol. The van der Waals surface area contributed by atoms with Crippen LogP contribution in [0.2, 0.25) is 0 Å². The quantitative estimate of drug-likeness (QED) is 0.711. The number of rotatable bonds is 2. The van der Waals surface area contributed by atoms with E-state index < -0.39 is 43.1 Å². The molecule has 0 aliphatic heterocycles. The minimum Gasteiger partial charge on any atom is -0.330 e. The first kappa shape index (κ1) is 11.6. The van der Waals surface area contributed by atoms with Crippen LogP contribution in [0.5, 0.6) is 0 Å². The molecule has 1 saturated carbocycles. The fourth-order valence-electron chi connectivity index (χ4n) is 1.75. The Labute approximate surface area is 76.3 Å². The van der Waals surface area contributed by atoms with Crippen molar-refractivity contribution in [1.82, 2.24) is 0 Å². The van der Waals surface area contributed by atoms with Crippen molar-refractivity contribution in [2.75, 3.05) is 6.54 Å². The Balaban J connectivity index is 2.75. The zero-order valence-electron chi connectivity index (χ0n) is 7.04. The van der Waals surface area contributed by atoms with E-state index in [-0.39, 0.29) is 0 Å². The lowest BCUT2D eigenvalue weighted by Crippen LogP contribution is -2.59. The van der Waals surface area contributed by atoms with Crippen molar-refractivity contribution in [1.29, 1.82) is 0 Å². The van der Waals surface area contributed by atoms with Crippen LogP contribution in [0.1, 0.15) is 12.8 Å². The van der Waals surface area contributed by atoms with E-state index in [0.29, 0.717) is 0 Å². The van der Waals surface area contributed by atoms with Crippen LogP contribution in [-0.4, -0.2) is 24.8 Å². The molecule has 0 aromatic carbocycles. The maximum absolute atomic E-state index is 12.8. The highest BCUT2D eigenvalue weighted by atomic mass is 19.4. The standard InChI is InChI=1S/C7H9F6N/c8-4(7(11,12)13)5(3-14)1-6(9,10)2-5/h4H,1-3,14H2. The smallest absolute Gasteiger partial charge is 0.330 e. The van der Waals surface area contributed by atoms with Crippen molar-refractivity contribution in [2.45, 2.75) is 31.1 Å². The van der Waals surface area contributed by atoms with Crippen LogP contribution in [0, 0.1) is 5.41 Å². The summed E-state index contributed by atoms with van der Waals surface area (Å²) in [6.07, 6.45) is -10.6. The van der Waals surface area contributed by atoms with Crippen molar-refractivity contribution in [3.8, 4) is 0 Å². The fraction of sp³-hybridized carbons (Fsp3) is 1.00. The van der Waals surface area contributed by atoms with Gasteiger partial charge in [-0.3, -0.25) is 0 Å². The molecule has 0 bridgehead atoms. The van der Waals surface area contributed by atoms with Gasteiger partial charge in [0.15, 0.2) is 0 Å². The predicted octanol–water partition coefficient (Wildman–Crippen LogP) is 2.26. The van der Waals surface area contributed by atoms with E-state index in [0.717, 1.165) is 0 Å². The summed E-state index contributed by atoms with van der Waals surface area (Å²) < 4.78 is 73.4. The highest BCUT2D eigenvalue weighted by Crippen LogP contribution is 2.57. The molecule has 0 amide bonds. The van der Waals surface area contributed by atoms with Crippen LogP contribution in [-0.2, 0) is 0 Å². The average molecular weight is 221 g/mol. The SMILES string of the molecule is NCC1(C(F)C(F)(F)F)CC(F)(F)C1. The van der Waals surface area contributed by atoms with Crippen molar-refractivity contribution >= 4 is 0 Å². The fourth-order valence-corrected chi connectivity index (χ4v) is 1.75. The number of hydrogen-bond donors (Lipinski definition) is 1. The summed E-state index contributed by atoms with van der Waals surface area (Å²) in [5.74, 6) is -3.21. The third-order valence-corrected chi connectivity index (χ3v) is 2.45. The molecule has 1 aliphatic rings. The molecule has 1 unspecified atom stereocenters. The lowest BCUT2D eigenvalue weighted by molar-refractivity contribution is -0.264. The number of nitrogens with two attached hydrogens (primary N) is 1. The number of halogens is 6. The third kappa shape index (κ3) is 1.82. The summed E-state index contributed by atoms with van der Waals surface area (Å²) in [4.78, 5) is 0. The van der Waals surface area contributed by atoms with Gasteiger partial charge in [-0.2, -0.15) is 13.2 Å². The van der Waals surface area contributed by atoms with Gasteiger partial charge in [-0.1, -0.05) is 0 Å². The van der Waals surface area contributed by atoms with Crippen molar-refractivity contribution in [2.24, 2.45) is 11.1 Å². The summed E-state index contributed by atoms with van der Waals surface area (Å²) in [6.45, 7) is -0.719. The van der Waals surface area contributed by atoms with E-state index in [1.54, 1.807) is 0 Å². The van der Waals surface area contributed by atoms with Gasteiger partial charge >= 0.3 is 6.18 Å². The van der Waals surface area contributed by atoms with Gasteiger partial charge in [0.2, 0.25) is 12.1 Å². The Kier molecular flexibility index (Phi) is 2.50. The molecule has 7 heteroatoms. The molecular formula is C7H9F6N. The highest BCUT2D eigenvalue weighted by molar-refractivity contribution is 5.05. The second-order valence-corrected chi connectivity index (χ2v) is 3.68. The summed E-state index contributed by atoms with van der Waals surface area (Å²) in [5.41, 5.74) is 2.79. The van der Waals surface area contributed by atoms with Crippen LogP contribution in [0.4, 0.5) is 26.3 Å². The monoisotopic (exact) mass is 221 g/mol. The van der Waals surface area contributed by atoms with Crippen LogP contribution in [0.3, 0.4) is 0 Å². The Morgan fingerprint density at radius 1 is 1.21 bits per heavy atom. The van der Waals surface area contributed by atoms with Gasteiger partial charge in [-0.05, 0) is 0 Å². The topological polar surface area (TPSA) is 26.0 Å². The molecular weight excluding hydrogens is 212 g/mol. The van der Waals surface area contributed by atoms with E-state index in [4.69, 9.17) is 5.73 Å². The summed E-state index contributed by atoms with van der Waals surface area (Å²) in [7, 11) is 0. The molecule has 0 aromatic rings. The maximum atomic E-state index is 12.8. The maximum Gasteiger partial charge on any atom is 0.420 e. The van der Waals surface area contributed by atoms with E-state index in [2.05, 4.69) is 0 Å². The van der Waals surface area contributed by atoms with Crippen LogP contribution in [0.15, 0.2) is 0 Å². The molecule has 84 valence electrons. The van der Waals surface area contributed by atoms with Gasteiger partial charge in [0, 0.05) is 24.8 Å². The minimum absolute atomic E-state index is 0.719. The first-order valence-electron chi connectivity index (χ1n) is 3.92. The highest BCUT2D eigenvalue weighted by Gasteiger charge is 2.66. The summed E-state index contributed by atoms with van der Waals surface area (Å²) >= 11 is 0. The molecule has 0 saturated heterocycles. The van der Waals surface area contributed by atoms with Gasteiger partial charge < -0.3 is 5.73 Å². The Morgan fingerprint density at radius 3 is 1.86 bits per heavy atom. The van der Waals surface area contributed by atoms with Gasteiger partial charge in [0.1, 0.15) is 0 Å². The zero-order valence-corrected chi connectivity index (χ0v) is 7.04. The summed E-state index contributed by atoms with van der Waals surface area (Å²) in [6, 6.07) is 0. The third-order valence-electron chi connectivity index (χ3n) is 2.45. The molecule has 1 atom stereocenters. The Hall–Kier alpha value is -0.460. The van der Waals surface area contributed by atoms with Crippen molar-refractivity contribution in [3.63, 3.8) is 0 Å². The summed E-state index contributed by atoms with van der Waals surface area (Å²) in [5, 5.41) is 0. The van der Waals surface area contributed by atoms with Crippen LogP contribution >= 0.6 is 0 Å². The van der Waals surface area contributed by atoms with E-state index in [1.165, 1.54) is 0 Å². The van der Waals surface area contributed by atoms with Gasteiger partial charge in [0.25, 0.3) is 0 Å². The van der Waals surface area contributed by atoms with Crippen molar-refractivity contribution < 1.29 is 26.3 Å². The van der Waals surface area contributed by atoms with Crippen molar-refractivity contribution in [3.05, 3.63) is 0 Å². The molecule has 0 aromatic heterocycles. The molecule has 0 radical (unpaired) electrons. The molecule has 14 heavy (non-hydrogen) atoms. The van der Waals surface area contributed by atoms with Gasteiger partial charge in [-0.15, -0.1) is 0 Å². The molecule has 1 rings (SSSR count). The number of alkyl halides is 6. The van der Waals surface area contributed by atoms with Crippen LogP contribution < -0.4 is 5.73 Å². The largest absolute Gasteiger partial charge is 0.420 e. The molecule has 0 spiro atoms. The van der Waals surface area contributed by atoms with E-state index in [9.17, 15) is 26.3 Å². The first-order chi connectivity index (χ1) is 6.13. The lowest BCUT2D eigenvalue weighted by Gasteiger charge is -2.48. The van der Waals surface area contributed by atoms with E-state index in [1.807, 2.05) is 0 Å². The van der Waals surface area contributed by atoms with Gasteiger partial charge in [0.05, 0.1) is 0 Å². The minimum atomic E-state index is -5.12. The average Bonchev–Trinajstić information content (AvgIpc) is 1.96. The van der Waals surface area contributed by atoms with E-state index >= 15 is 0 Å². The Morgan fingerprint density at radius 2 is 1.64 bits per heavy atom. The second kappa shape index (κ2) is 3.01. The second-order valence-electron chi connectivity index (χ2n) is 3.68. The normalized spacial score (nSPS) is 26.8. The zero-order chi connectivity index (χ0) is 11.2. The molecule has 1 aliphatic carbocycles.